The molecule has 0 atom stereocenters. The van der Waals surface area contributed by atoms with Crippen molar-refractivity contribution < 1.29 is 34.7 Å². The molecule has 0 unspecified atom stereocenters. The van der Waals surface area contributed by atoms with Gasteiger partial charge in [-0.3, -0.25) is 9.59 Å². The van der Waals surface area contributed by atoms with Gasteiger partial charge >= 0.3 is 6.18 Å². The minimum absolute atomic E-state index is 0.00822. The van der Waals surface area contributed by atoms with Crippen molar-refractivity contribution in [3.63, 3.8) is 0 Å². The van der Waals surface area contributed by atoms with Crippen LogP contribution in [0.4, 0.5) is 17.6 Å². The number of nitrogens with zero attached hydrogens (tertiary/aromatic N) is 4. The van der Waals surface area contributed by atoms with E-state index < -0.39 is 78.7 Å². The lowest BCUT2D eigenvalue weighted by Gasteiger charge is -2.28. The molecule has 1 amide bonds. The second-order valence-electron chi connectivity index (χ2n) is 11.0. The maximum atomic E-state index is 14.8. The first-order chi connectivity index (χ1) is 26.5. The molecular weight excluding hydrogens is 640 g/mol. The maximum absolute atomic E-state index is 14.8. The van der Waals surface area contributed by atoms with Crippen molar-refractivity contribution in [3.8, 4) is 11.1 Å². The second-order valence-corrected chi connectivity index (χ2v) is 12.0. The van der Waals surface area contributed by atoms with Crippen molar-refractivity contribution >= 4 is 17.7 Å². The summed E-state index contributed by atoms with van der Waals surface area (Å²) in [5.41, 5.74) is -1.42. The summed E-state index contributed by atoms with van der Waals surface area (Å²) in [7, 11) is 0. The Kier molecular flexibility index (Phi) is 8.10. The summed E-state index contributed by atoms with van der Waals surface area (Å²) in [5, 5.41) is 0.0127. The van der Waals surface area contributed by atoms with Crippen molar-refractivity contribution in [2.24, 2.45) is 0 Å². The molecule has 0 saturated carbocycles. The van der Waals surface area contributed by atoms with E-state index in [-0.39, 0.29) is 45.6 Å². The predicted molar refractivity (Wildman–Crippen MR) is 181 cm³/mol. The highest BCUT2D eigenvalue weighted by Gasteiger charge is 2.30. The zero-order valence-corrected chi connectivity index (χ0v) is 27.4. The van der Waals surface area contributed by atoms with Crippen LogP contribution in [0.15, 0.2) is 76.6 Å². The van der Waals surface area contributed by atoms with Crippen LogP contribution in [0.1, 0.15) is 66.1 Å². The number of alkyl halides is 3. The van der Waals surface area contributed by atoms with Crippen LogP contribution in [0.25, 0.3) is 11.1 Å². The topological polar surface area (TPSA) is 58.4 Å². The van der Waals surface area contributed by atoms with E-state index in [1.807, 2.05) is 0 Å². The van der Waals surface area contributed by atoms with Gasteiger partial charge in [-0.25, -0.2) is 4.39 Å². The molecule has 1 aliphatic carbocycles. The first kappa shape index (κ1) is 25.1. The summed E-state index contributed by atoms with van der Waals surface area (Å²) in [4.78, 5) is 33.1. The van der Waals surface area contributed by atoms with Gasteiger partial charge in [0.15, 0.2) is 5.16 Å². The van der Waals surface area contributed by atoms with E-state index in [1.54, 1.807) is 0 Å². The first-order valence-corrected chi connectivity index (χ1v) is 16.4. The normalized spacial score (nSPS) is 16.5. The molecule has 1 aromatic heterocycles. The van der Waals surface area contributed by atoms with E-state index in [4.69, 9.17) is 6.85 Å². The average Bonchev–Trinajstić information content (AvgIpc) is 3.63. The molecule has 0 radical (unpaired) electrons. The zero-order chi connectivity index (χ0) is 42.4. The fourth-order valence-electron chi connectivity index (χ4n) is 5.23. The van der Waals surface area contributed by atoms with Gasteiger partial charge < -0.3 is 14.4 Å². The van der Waals surface area contributed by atoms with Gasteiger partial charge in [0.05, 0.1) is 15.2 Å². The molecular formula is C37H40F4N4O2S. The molecule has 4 aromatic rings. The molecule has 0 bridgehead atoms. The molecule has 0 fully saturated rings. The van der Waals surface area contributed by atoms with Crippen LogP contribution in [-0.2, 0) is 42.6 Å². The van der Waals surface area contributed by atoms with Crippen LogP contribution < -0.4 is 5.56 Å². The Balaban J connectivity index is 1.68. The van der Waals surface area contributed by atoms with Crippen LogP contribution >= 0.6 is 11.8 Å². The van der Waals surface area contributed by atoms with Crippen molar-refractivity contribution in [1.29, 1.82) is 0 Å². The molecule has 0 saturated heterocycles. The third-order valence-electron chi connectivity index (χ3n) is 7.83. The van der Waals surface area contributed by atoms with Gasteiger partial charge in [-0.15, -0.1) is 0 Å². The lowest BCUT2D eigenvalue weighted by atomic mass is 9.97. The van der Waals surface area contributed by atoms with Crippen molar-refractivity contribution in [2.45, 2.75) is 70.2 Å². The van der Waals surface area contributed by atoms with Crippen LogP contribution in [0, 0.1) is 12.7 Å². The number of halogens is 4. The number of amides is 1. The molecule has 0 aliphatic heterocycles. The number of hydrogen-bond donors (Lipinski definition) is 0. The summed E-state index contributed by atoms with van der Waals surface area (Å²) >= 11 is 1.02. The lowest BCUT2D eigenvalue weighted by Crippen LogP contribution is -2.40. The fraction of sp³-hybridized carbons (Fsp3) is 0.378. The summed E-state index contributed by atoms with van der Waals surface area (Å²) in [6, 6.07) is 6.70. The van der Waals surface area contributed by atoms with E-state index in [0.717, 1.165) is 40.9 Å². The minimum Gasteiger partial charge on any atom is -0.336 e. The third kappa shape index (κ3) is 8.54. The van der Waals surface area contributed by atoms with Crippen molar-refractivity contribution in [3.05, 3.63) is 116 Å². The zero-order valence-electron chi connectivity index (χ0n) is 35.6. The van der Waals surface area contributed by atoms with E-state index in [2.05, 4.69) is 4.98 Å². The molecule has 1 aliphatic rings. The quantitative estimate of drug-likeness (QED) is 0.0826. The fourth-order valence-corrected chi connectivity index (χ4v) is 6.20. The van der Waals surface area contributed by atoms with Gasteiger partial charge in [0.2, 0.25) is 5.91 Å². The van der Waals surface area contributed by atoms with Gasteiger partial charge in [-0.2, -0.15) is 18.2 Å². The predicted octanol–water partition coefficient (Wildman–Crippen LogP) is 7.53. The van der Waals surface area contributed by atoms with Crippen molar-refractivity contribution in [2.75, 3.05) is 26.1 Å². The summed E-state index contributed by atoms with van der Waals surface area (Å²) in [5.74, 6) is -1.65. The molecule has 11 heteroatoms. The summed E-state index contributed by atoms with van der Waals surface area (Å²) in [6.07, 6.45) is -3.51. The Bertz CT molecular complexity index is 2190. The third-order valence-corrected chi connectivity index (χ3v) is 8.88. The number of carbonyl (C=O) groups is 1. The number of fused-ring (bicyclic) bond motifs is 1. The number of rotatable bonds is 13. The smallest absolute Gasteiger partial charge is 0.336 e. The molecule has 5 rings (SSSR count). The highest BCUT2D eigenvalue weighted by Crippen LogP contribution is 2.32. The Hall–Kier alpha value is -3.96. The average molecular weight is 690 g/mol. The Morgan fingerprint density at radius 3 is 2.40 bits per heavy atom. The highest BCUT2D eigenvalue weighted by molar-refractivity contribution is 7.98. The van der Waals surface area contributed by atoms with Crippen LogP contribution in [0.5, 0.6) is 0 Å². The summed E-state index contributed by atoms with van der Waals surface area (Å²) in [6.45, 7) is -6.78. The number of likely N-dealkylation sites (N-methyl/N-ethyl adjacent to an activating group) is 1. The molecule has 0 spiro atoms. The molecule has 3 aromatic carbocycles. The van der Waals surface area contributed by atoms with Gasteiger partial charge in [0.1, 0.15) is 12.4 Å². The van der Waals surface area contributed by atoms with E-state index >= 15 is 0 Å². The van der Waals surface area contributed by atoms with Gasteiger partial charge in [-0.1, -0.05) is 68.0 Å². The van der Waals surface area contributed by atoms with Crippen LogP contribution in [0.2, 0.25) is 0 Å². The number of benzene rings is 3. The lowest BCUT2D eigenvalue weighted by molar-refractivity contribution is -0.137. The van der Waals surface area contributed by atoms with E-state index in [9.17, 15) is 32.6 Å². The van der Waals surface area contributed by atoms with Crippen LogP contribution in [0.3, 0.4) is 0 Å². The standard InChI is InChI=1S/C37H40F4N4O2S/c1-4-43(5-2)19-20-44(22-27-11-18-31(25(3)21-27)28-12-14-29(15-13-28)37(39,40)41)34(46)23-45-33-8-6-7-32(33)35(47)42-36(45)48-24-26-9-16-30(38)17-10-26/h9-18,21H,4-8,19-20,22-24H2,1-3H3/i11D,18D,19D2,20D2,21D,22D2. The SMILES string of the molecule is [2H]c1c([2H])c(C([2H])([2H])N(C(=O)Cn2c(SCc3ccc(F)cc3)nc(=O)c3c2CCC3)C([2H])([2H])C([2H])([2H])N(CC)CC)c([2H])c(C)c1-c1ccc(C(F)(F)F)cc1. The summed E-state index contributed by atoms with van der Waals surface area (Å²) < 4.78 is 137. The van der Waals surface area contributed by atoms with Gasteiger partial charge in [0, 0.05) is 39.2 Å². The monoisotopic (exact) mass is 689 g/mol. The van der Waals surface area contributed by atoms with Crippen LogP contribution in [-0.4, -0.2) is 51.3 Å². The Labute approximate surface area is 295 Å². The van der Waals surface area contributed by atoms with Crippen molar-refractivity contribution in [1.82, 2.24) is 19.4 Å². The van der Waals surface area contributed by atoms with Gasteiger partial charge in [-0.05, 0) is 91.4 Å². The molecule has 48 heavy (non-hydrogen) atoms. The molecule has 254 valence electrons. The molecule has 0 N–H and O–H groups in total. The minimum atomic E-state index is -4.67. The first-order valence-electron chi connectivity index (χ1n) is 19.9. The Morgan fingerprint density at radius 1 is 1.02 bits per heavy atom. The second kappa shape index (κ2) is 15.5. The number of hydrogen-bond acceptors (Lipinski definition) is 5. The Morgan fingerprint density at radius 2 is 1.73 bits per heavy atom. The molecule has 6 nitrogen and oxygen atoms in total. The highest BCUT2D eigenvalue weighted by atomic mass is 32.2. The largest absolute Gasteiger partial charge is 0.416 e. The van der Waals surface area contributed by atoms with Gasteiger partial charge in [0.25, 0.3) is 5.56 Å². The maximum Gasteiger partial charge on any atom is 0.416 e. The number of aromatic nitrogens is 2. The van der Waals surface area contributed by atoms with E-state index in [1.165, 1.54) is 49.6 Å². The number of thioether (sulfide) groups is 1. The number of carbonyl (C=O) groups excluding carboxylic acids is 1. The van der Waals surface area contributed by atoms with E-state index in [0.29, 0.717) is 36.1 Å². The molecule has 1 heterocycles.